The van der Waals surface area contributed by atoms with E-state index < -0.39 is 10.4 Å². The largest absolute Gasteiger partial charge is 0.310 e. The van der Waals surface area contributed by atoms with Gasteiger partial charge in [-0.15, -0.1) is 11.3 Å². The van der Waals surface area contributed by atoms with Gasteiger partial charge in [-0.2, -0.15) is 0 Å². The minimum absolute atomic E-state index is 0.209. The molecule has 0 spiro atoms. The van der Waals surface area contributed by atoms with Gasteiger partial charge in [0.1, 0.15) is 0 Å². The molecule has 0 bridgehead atoms. The van der Waals surface area contributed by atoms with Gasteiger partial charge in [0, 0.05) is 9.58 Å². The summed E-state index contributed by atoms with van der Waals surface area (Å²) in [7, 11) is 0. The van der Waals surface area contributed by atoms with Gasteiger partial charge < -0.3 is 0 Å². The molecule has 21 heavy (non-hydrogen) atoms. The predicted octanol–water partition coefficient (Wildman–Crippen LogP) is 2.68. The van der Waals surface area contributed by atoms with E-state index >= 15 is 0 Å². The first-order valence-electron chi connectivity index (χ1n) is 6.28. The average molecular weight is 317 g/mol. The predicted molar refractivity (Wildman–Crippen MR) is 85.7 cm³/mol. The Labute approximate surface area is 127 Å². The molecule has 0 aliphatic carbocycles. The molecule has 0 radical (unpaired) electrons. The van der Waals surface area contributed by atoms with Gasteiger partial charge in [-0.05, 0) is 31.2 Å². The third-order valence-electron chi connectivity index (χ3n) is 3.10. The summed E-state index contributed by atoms with van der Waals surface area (Å²) in [5.41, 5.74) is -0.407. The quantitative estimate of drug-likeness (QED) is 0.698. The van der Waals surface area contributed by atoms with Crippen LogP contribution in [-0.2, 0) is 6.54 Å². The molecule has 6 heteroatoms. The molecule has 4 nitrogen and oxygen atoms in total. The Hall–Kier alpha value is -2.05. The lowest BCUT2D eigenvalue weighted by molar-refractivity contribution is 0.0974. The van der Waals surface area contributed by atoms with Crippen LogP contribution in [0.4, 0.5) is 0 Å². The summed E-state index contributed by atoms with van der Waals surface area (Å²) in [6.45, 7) is 1.70. The number of aryl methyl sites for hydroxylation is 1. The number of nitrogens with zero attached hydrogens (tertiary/aromatic N) is 1. The Kier molecular flexibility index (Phi) is 3.57. The van der Waals surface area contributed by atoms with Crippen molar-refractivity contribution in [3.63, 3.8) is 0 Å². The molecule has 3 aromatic rings. The van der Waals surface area contributed by atoms with Crippen molar-refractivity contribution in [2.75, 3.05) is 0 Å². The molecule has 0 aliphatic heterocycles. The third-order valence-corrected chi connectivity index (χ3v) is 5.11. The van der Waals surface area contributed by atoms with E-state index in [0.717, 1.165) is 20.8 Å². The van der Waals surface area contributed by atoms with Crippen LogP contribution in [0.25, 0.3) is 10.1 Å². The Balaban J connectivity index is 2.07. The maximum Gasteiger partial charge on any atom is 0.310 e. The van der Waals surface area contributed by atoms with E-state index in [9.17, 15) is 14.4 Å². The molecular formula is C15H11NO3S2. The van der Waals surface area contributed by atoms with E-state index in [1.54, 1.807) is 30.3 Å². The summed E-state index contributed by atoms with van der Waals surface area (Å²) >= 11 is 2.35. The van der Waals surface area contributed by atoms with Crippen LogP contribution in [0.2, 0.25) is 0 Å². The molecule has 0 aliphatic rings. The standard InChI is InChI=1S/C15H11NO3S2/c1-9-6-7-13(20-9)11(17)8-16-14(18)10-4-2-3-5-12(10)21-15(16)19/h2-7H,8H2,1H3. The number of aromatic nitrogens is 1. The summed E-state index contributed by atoms with van der Waals surface area (Å²) in [5.74, 6) is -0.213. The normalized spacial score (nSPS) is 10.9. The Morgan fingerprint density at radius 1 is 1.10 bits per heavy atom. The number of rotatable bonds is 3. The van der Waals surface area contributed by atoms with Crippen molar-refractivity contribution < 1.29 is 4.79 Å². The zero-order valence-electron chi connectivity index (χ0n) is 11.2. The minimum atomic E-state index is -0.407. The lowest BCUT2D eigenvalue weighted by atomic mass is 10.2. The first-order chi connectivity index (χ1) is 10.1. The van der Waals surface area contributed by atoms with Crippen molar-refractivity contribution in [1.29, 1.82) is 0 Å². The van der Waals surface area contributed by atoms with Crippen LogP contribution in [0, 0.1) is 6.92 Å². The van der Waals surface area contributed by atoms with E-state index in [0.29, 0.717) is 15.0 Å². The number of fused-ring (bicyclic) bond motifs is 1. The van der Waals surface area contributed by atoms with Crippen LogP contribution >= 0.6 is 22.7 Å². The molecular weight excluding hydrogens is 306 g/mol. The van der Waals surface area contributed by atoms with Gasteiger partial charge in [-0.1, -0.05) is 23.5 Å². The maximum absolute atomic E-state index is 12.3. The lowest BCUT2D eigenvalue weighted by Crippen LogP contribution is -2.33. The molecule has 2 heterocycles. The van der Waals surface area contributed by atoms with E-state index in [2.05, 4.69) is 0 Å². The van der Waals surface area contributed by atoms with Crippen LogP contribution in [0.1, 0.15) is 14.5 Å². The number of carbonyl (C=O) groups is 1. The summed E-state index contributed by atoms with van der Waals surface area (Å²) < 4.78 is 1.66. The number of ketones is 1. The Bertz CT molecular complexity index is 949. The molecule has 1 aromatic carbocycles. The van der Waals surface area contributed by atoms with Crippen molar-refractivity contribution >= 4 is 38.5 Å². The van der Waals surface area contributed by atoms with Gasteiger partial charge in [-0.3, -0.25) is 19.0 Å². The summed E-state index contributed by atoms with van der Waals surface area (Å²) in [4.78, 5) is 37.8. The highest BCUT2D eigenvalue weighted by Gasteiger charge is 2.14. The second-order valence-corrected chi connectivity index (χ2v) is 6.87. The number of carbonyl (C=O) groups excluding carboxylic acids is 1. The first kappa shape index (κ1) is 13.9. The second kappa shape index (κ2) is 5.38. The van der Waals surface area contributed by atoms with Gasteiger partial charge in [-0.25, -0.2) is 0 Å². The third kappa shape index (κ3) is 2.59. The van der Waals surface area contributed by atoms with Crippen molar-refractivity contribution in [3.8, 4) is 0 Å². The zero-order valence-corrected chi connectivity index (χ0v) is 12.8. The maximum atomic E-state index is 12.3. The monoisotopic (exact) mass is 317 g/mol. The van der Waals surface area contributed by atoms with Gasteiger partial charge in [0.2, 0.25) is 0 Å². The van der Waals surface area contributed by atoms with Crippen LogP contribution in [-0.4, -0.2) is 10.4 Å². The van der Waals surface area contributed by atoms with E-state index in [1.807, 2.05) is 13.0 Å². The highest BCUT2D eigenvalue weighted by atomic mass is 32.1. The topological polar surface area (TPSA) is 56.1 Å². The van der Waals surface area contributed by atoms with Crippen LogP contribution < -0.4 is 10.4 Å². The summed E-state index contributed by atoms with van der Waals surface area (Å²) in [5, 5.41) is 0.470. The van der Waals surface area contributed by atoms with Crippen molar-refractivity contribution in [2.24, 2.45) is 0 Å². The van der Waals surface area contributed by atoms with Gasteiger partial charge >= 0.3 is 4.87 Å². The lowest BCUT2D eigenvalue weighted by Gasteiger charge is -2.04. The Morgan fingerprint density at radius 2 is 1.86 bits per heavy atom. The molecule has 106 valence electrons. The van der Waals surface area contributed by atoms with Crippen molar-refractivity contribution in [3.05, 3.63) is 66.2 Å². The Morgan fingerprint density at radius 3 is 2.57 bits per heavy atom. The van der Waals surface area contributed by atoms with E-state index in [1.165, 1.54) is 11.3 Å². The number of Topliss-reactive ketones (excluding diaryl/α,β-unsaturated/α-hetero) is 1. The average Bonchev–Trinajstić information content (AvgIpc) is 2.90. The second-order valence-electron chi connectivity index (χ2n) is 4.59. The SMILES string of the molecule is Cc1ccc(C(=O)Cn2c(=O)sc3ccccc3c2=O)s1. The van der Waals surface area contributed by atoms with E-state index in [-0.39, 0.29) is 12.3 Å². The molecule has 0 saturated carbocycles. The van der Waals surface area contributed by atoms with Gasteiger partial charge in [0.05, 0.1) is 16.8 Å². The number of hydrogen-bond acceptors (Lipinski definition) is 5. The molecule has 0 N–H and O–H groups in total. The highest BCUT2D eigenvalue weighted by Crippen LogP contribution is 2.16. The fourth-order valence-electron chi connectivity index (χ4n) is 2.05. The molecule has 0 amide bonds. The molecule has 0 atom stereocenters. The molecule has 0 saturated heterocycles. The van der Waals surface area contributed by atoms with Crippen molar-refractivity contribution in [2.45, 2.75) is 13.5 Å². The number of benzene rings is 1. The van der Waals surface area contributed by atoms with Gasteiger partial charge in [0.25, 0.3) is 5.56 Å². The van der Waals surface area contributed by atoms with Crippen LogP contribution in [0.15, 0.2) is 46.0 Å². The molecule has 0 unspecified atom stereocenters. The highest BCUT2D eigenvalue weighted by molar-refractivity contribution is 7.16. The zero-order chi connectivity index (χ0) is 15.0. The van der Waals surface area contributed by atoms with Crippen molar-refractivity contribution in [1.82, 2.24) is 4.57 Å². The number of thiophene rings is 1. The fourth-order valence-corrected chi connectivity index (χ4v) is 3.71. The fraction of sp³-hybridized carbons (Fsp3) is 0.133. The molecule has 2 aromatic heterocycles. The minimum Gasteiger partial charge on any atom is -0.291 e. The van der Waals surface area contributed by atoms with Gasteiger partial charge in [0.15, 0.2) is 5.78 Å². The van der Waals surface area contributed by atoms with E-state index in [4.69, 9.17) is 0 Å². The molecule has 3 rings (SSSR count). The van der Waals surface area contributed by atoms with Crippen LogP contribution in [0.3, 0.4) is 0 Å². The number of hydrogen-bond donors (Lipinski definition) is 0. The van der Waals surface area contributed by atoms with Crippen LogP contribution in [0.5, 0.6) is 0 Å². The first-order valence-corrected chi connectivity index (χ1v) is 7.92. The molecule has 0 fully saturated rings. The summed E-state index contributed by atoms with van der Waals surface area (Å²) in [6.07, 6.45) is 0. The smallest absolute Gasteiger partial charge is 0.291 e. The summed E-state index contributed by atoms with van der Waals surface area (Å²) in [6, 6.07) is 10.5.